The predicted molar refractivity (Wildman–Crippen MR) is 402 cm³/mol. The van der Waals surface area contributed by atoms with Gasteiger partial charge in [-0.05, 0) is 26.2 Å². The molecule has 6 aliphatic rings. The number of allylic oxidation sites excluding steroid dienone is 1. The smallest absolute Gasteiger partial charge is 0.220 e. The Morgan fingerprint density at radius 2 is 0.735 bits per heavy atom. The van der Waals surface area contributed by atoms with Crippen LogP contribution in [0.2, 0.25) is 0 Å². The highest BCUT2D eigenvalue weighted by atomic mass is 16.8. The molecule has 3 amide bonds. The fourth-order valence-electron chi connectivity index (χ4n) is 15.4. The zero-order valence-corrected chi connectivity index (χ0v) is 66.8. The van der Waals surface area contributed by atoms with E-state index in [2.05, 4.69) is 29.8 Å². The van der Waals surface area contributed by atoms with Crippen LogP contribution in [0.25, 0.3) is 0 Å². The number of amides is 3. The number of ether oxygens (including phenoxy) is 12. The molecule has 35 heteroatoms. The van der Waals surface area contributed by atoms with Crippen molar-refractivity contribution in [1.29, 1.82) is 0 Å². The standard InChI is InChI=1S/C78H141N3O32/c1-6-8-10-12-14-16-18-20-21-22-23-25-27-29-31-33-35-37-54(90)81-47(48(89)36-34-32-30-28-26-24-19-17-15-13-11-9-7-2)43-102-75-66(100)64(98)69(53(42-86)108-75)109-77-67(101)70(59(93)50(39-83)105-77)111-74-56(80-46(5)88)62(96)68(52(41-85)107-74)110-78-72(113-76-65(99)63(97)57(91)44(3)103-76)71(60(94)51(40-84)106-78)112-73-55(79-45(4)87)61(95)58(92)49(38-82)104-73/h34,36,44,47-53,55-78,82-86,89,91-101H,6-33,35,37-43H2,1-5H3,(H,79,87)(H,80,88)(H,81,90)/b36-34+/t44?,47-,48+,49?,50?,51?,52?,53?,55?,56?,57+,58-,59-,60-,61+,62+,63?,64+,65-,66?,67?,68+,69+,70-,71-,72?,73-,74-,75+,76+,77-,78-/m0/s1. The lowest BCUT2D eigenvalue weighted by Crippen LogP contribution is -2.71. The number of unbranched alkanes of at least 4 members (excludes halogenated alkanes) is 27. The second kappa shape index (κ2) is 52.9. The Morgan fingerprint density at radius 3 is 1.23 bits per heavy atom. The van der Waals surface area contributed by atoms with Crippen molar-refractivity contribution in [2.24, 2.45) is 0 Å². The molecule has 0 saturated carbocycles. The Kier molecular flexibility index (Phi) is 46.3. The first-order chi connectivity index (χ1) is 54.3. The van der Waals surface area contributed by atoms with Crippen LogP contribution in [-0.2, 0) is 71.2 Å². The van der Waals surface area contributed by atoms with Crippen molar-refractivity contribution in [3.8, 4) is 0 Å². The zero-order valence-electron chi connectivity index (χ0n) is 66.8. The van der Waals surface area contributed by atoms with E-state index in [0.29, 0.717) is 12.8 Å². The molecule has 12 unspecified atom stereocenters. The van der Waals surface area contributed by atoms with E-state index in [0.717, 1.165) is 65.2 Å². The van der Waals surface area contributed by atoms with E-state index < -0.39 is 248 Å². The van der Waals surface area contributed by atoms with Crippen LogP contribution in [0.1, 0.15) is 227 Å². The van der Waals surface area contributed by atoms with Crippen molar-refractivity contribution < 1.29 is 158 Å². The van der Waals surface area contributed by atoms with Gasteiger partial charge in [0.1, 0.15) is 140 Å². The van der Waals surface area contributed by atoms with Crippen LogP contribution < -0.4 is 16.0 Å². The maximum atomic E-state index is 13.6. The molecule has 6 aliphatic heterocycles. The molecule has 0 aromatic carbocycles. The number of rotatable bonds is 53. The molecule has 0 radical (unpaired) electrons. The van der Waals surface area contributed by atoms with Crippen LogP contribution >= 0.6 is 0 Å². The van der Waals surface area contributed by atoms with E-state index in [-0.39, 0.29) is 12.3 Å². The summed E-state index contributed by atoms with van der Waals surface area (Å²) in [6.45, 7) is 2.29. The van der Waals surface area contributed by atoms with Crippen molar-refractivity contribution in [3.05, 3.63) is 12.2 Å². The first-order valence-electron chi connectivity index (χ1n) is 41.8. The van der Waals surface area contributed by atoms with Crippen molar-refractivity contribution in [3.63, 3.8) is 0 Å². The molecule has 0 aromatic heterocycles. The maximum absolute atomic E-state index is 13.6. The molecule has 0 aromatic rings. The Labute approximate surface area is 664 Å². The summed E-state index contributed by atoms with van der Waals surface area (Å²) in [5, 5.41) is 199. The summed E-state index contributed by atoms with van der Waals surface area (Å²) in [6.07, 6.45) is -17.7. The van der Waals surface area contributed by atoms with Gasteiger partial charge < -0.3 is 160 Å². The Morgan fingerprint density at radius 1 is 0.363 bits per heavy atom. The fourth-order valence-corrected chi connectivity index (χ4v) is 15.4. The van der Waals surface area contributed by atoms with Gasteiger partial charge in [-0.25, -0.2) is 0 Å². The molecule has 6 saturated heterocycles. The van der Waals surface area contributed by atoms with E-state index in [1.165, 1.54) is 129 Å². The van der Waals surface area contributed by atoms with Crippen molar-refractivity contribution in [2.45, 2.75) is 424 Å². The van der Waals surface area contributed by atoms with E-state index in [1.54, 1.807) is 6.08 Å². The molecule has 35 nitrogen and oxygen atoms in total. The van der Waals surface area contributed by atoms with Gasteiger partial charge in [0, 0.05) is 20.3 Å². The Bertz CT molecular complexity index is 2620. The van der Waals surface area contributed by atoms with Gasteiger partial charge in [0.25, 0.3) is 0 Å². The van der Waals surface area contributed by atoms with Gasteiger partial charge in [0.2, 0.25) is 17.7 Å². The summed E-state index contributed by atoms with van der Waals surface area (Å²) in [5.41, 5.74) is 0. The van der Waals surface area contributed by atoms with E-state index >= 15 is 0 Å². The number of carbonyl (C=O) groups is 3. The lowest BCUT2D eigenvalue weighted by Gasteiger charge is -2.51. The number of hydrogen-bond acceptors (Lipinski definition) is 32. The van der Waals surface area contributed by atoms with E-state index in [9.17, 15) is 101 Å². The third-order valence-electron chi connectivity index (χ3n) is 22.2. The highest BCUT2D eigenvalue weighted by molar-refractivity contribution is 5.76. The van der Waals surface area contributed by atoms with Crippen molar-refractivity contribution in [1.82, 2.24) is 16.0 Å². The van der Waals surface area contributed by atoms with Gasteiger partial charge in [0.05, 0.1) is 57.9 Å². The summed E-state index contributed by atoms with van der Waals surface area (Å²) in [7, 11) is 0. The lowest BCUT2D eigenvalue weighted by atomic mass is 9.93. The van der Waals surface area contributed by atoms with Gasteiger partial charge in [0.15, 0.2) is 37.7 Å². The predicted octanol–water partition coefficient (Wildman–Crippen LogP) is -0.616. The quantitative estimate of drug-likeness (QED) is 0.0267. The first kappa shape index (κ1) is 98.8. The van der Waals surface area contributed by atoms with Crippen LogP contribution in [0.5, 0.6) is 0 Å². The number of hydrogen-bond donors (Lipinski definition) is 20. The monoisotopic (exact) mass is 1630 g/mol. The summed E-state index contributed by atoms with van der Waals surface area (Å²) in [4.78, 5) is 39.1. The molecule has 6 rings (SSSR count). The number of carbonyl (C=O) groups excluding carboxylic acids is 3. The highest BCUT2D eigenvalue weighted by Gasteiger charge is 2.59. The fraction of sp³-hybridized carbons (Fsp3) is 0.936. The molecule has 20 N–H and O–H groups in total. The van der Waals surface area contributed by atoms with Gasteiger partial charge in [-0.2, -0.15) is 0 Å². The van der Waals surface area contributed by atoms with E-state index in [1.807, 2.05) is 6.08 Å². The summed E-state index contributed by atoms with van der Waals surface area (Å²) in [6, 6.07) is -4.63. The molecule has 660 valence electrons. The second-order valence-electron chi connectivity index (χ2n) is 31.3. The molecule has 113 heavy (non-hydrogen) atoms. The average Bonchev–Trinajstić information content (AvgIpc) is 0.765. The summed E-state index contributed by atoms with van der Waals surface area (Å²) < 4.78 is 72.4. The molecular weight excluding hydrogens is 1490 g/mol. The van der Waals surface area contributed by atoms with Gasteiger partial charge in [-0.15, -0.1) is 0 Å². The first-order valence-corrected chi connectivity index (χ1v) is 41.8. The number of aliphatic hydroxyl groups is 17. The molecule has 6 heterocycles. The SMILES string of the molecule is CCCCCCCCCCCCC/C=C/[C@@H](O)[C@H](CO[C@@H]1OC(CO)[C@@H](O[C@@H]2OC(CO)[C@H](O)[C@H](O[C@@H]3OC(CO)[C@@H](O[C@@H]4OC(CO)[C@H](O)[C@H](O[C@@H]5OC(CO)[C@H](O)[C@H](O)C5NC(C)=O)C4O[C@H]4OC(C)[C@@H](O)C(O)[C@@H]4O)[C@H](O)C3NC(C)=O)C2O)[C@H](O)C1O)NC(=O)CCCCCCCCCCCCCCCCCCC. The minimum Gasteiger partial charge on any atom is -0.394 e. The largest absolute Gasteiger partial charge is 0.394 e. The topological polar surface area (TPSA) is 542 Å². The van der Waals surface area contributed by atoms with Crippen LogP contribution in [-0.4, -0.2) is 340 Å². The Balaban J connectivity index is 1.13. The van der Waals surface area contributed by atoms with Crippen LogP contribution in [0, 0.1) is 0 Å². The molecule has 0 spiro atoms. The van der Waals surface area contributed by atoms with Crippen molar-refractivity contribution in [2.75, 3.05) is 39.6 Å². The normalized spacial score (nSPS) is 37.0. The highest BCUT2D eigenvalue weighted by Crippen LogP contribution is 2.39. The van der Waals surface area contributed by atoms with E-state index in [4.69, 9.17) is 56.8 Å². The molecule has 6 fully saturated rings. The summed E-state index contributed by atoms with van der Waals surface area (Å²) in [5.74, 6) is -2.01. The zero-order chi connectivity index (χ0) is 82.7. The third kappa shape index (κ3) is 30.6. The van der Waals surface area contributed by atoms with Crippen LogP contribution in [0.3, 0.4) is 0 Å². The minimum atomic E-state index is -2.22. The molecule has 0 aliphatic carbocycles. The van der Waals surface area contributed by atoms with Crippen LogP contribution in [0.15, 0.2) is 12.2 Å². The molecule has 0 bridgehead atoms. The number of nitrogens with one attached hydrogen (secondary N) is 3. The average molecular weight is 1630 g/mol. The van der Waals surface area contributed by atoms with Gasteiger partial charge >= 0.3 is 0 Å². The Hall–Kier alpha value is -3.01. The minimum absolute atomic E-state index is 0.174. The number of aliphatic hydroxyl groups excluding tert-OH is 17. The lowest BCUT2D eigenvalue weighted by molar-refractivity contribution is -0.402. The van der Waals surface area contributed by atoms with Gasteiger partial charge in [-0.1, -0.05) is 193 Å². The third-order valence-corrected chi connectivity index (χ3v) is 22.2. The van der Waals surface area contributed by atoms with Crippen molar-refractivity contribution >= 4 is 17.7 Å². The van der Waals surface area contributed by atoms with Crippen LogP contribution in [0.4, 0.5) is 0 Å². The summed E-state index contributed by atoms with van der Waals surface area (Å²) >= 11 is 0. The second-order valence-corrected chi connectivity index (χ2v) is 31.3. The molecule has 32 atom stereocenters. The van der Waals surface area contributed by atoms with Gasteiger partial charge in [-0.3, -0.25) is 14.4 Å². The maximum Gasteiger partial charge on any atom is 0.220 e. The molecular formula is C78H141N3O32.